The van der Waals surface area contributed by atoms with Crippen LogP contribution in [0.3, 0.4) is 0 Å². The highest BCUT2D eigenvalue weighted by Crippen LogP contribution is 2.19. The maximum atomic E-state index is 5.59. The summed E-state index contributed by atoms with van der Waals surface area (Å²) in [6.45, 7) is 2.07. The van der Waals surface area contributed by atoms with Gasteiger partial charge in [-0.3, -0.25) is 0 Å². The summed E-state index contributed by atoms with van der Waals surface area (Å²) in [7, 11) is 0. The number of ether oxygens (including phenoxy) is 1. The summed E-state index contributed by atoms with van der Waals surface area (Å²) in [5, 5.41) is 3.50. The highest BCUT2D eigenvalue weighted by molar-refractivity contribution is 4.82. The van der Waals surface area contributed by atoms with E-state index in [1.807, 2.05) is 0 Å². The van der Waals surface area contributed by atoms with Crippen molar-refractivity contribution in [3.8, 4) is 0 Å². The van der Waals surface area contributed by atoms with E-state index in [1.54, 1.807) is 0 Å². The van der Waals surface area contributed by atoms with E-state index in [9.17, 15) is 0 Å². The van der Waals surface area contributed by atoms with Crippen LogP contribution in [-0.2, 0) is 4.74 Å². The Hall–Kier alpha value is -0.0800. The monoisotopic (exact) mass is 155 g/mol. The van der Waals surface area contributed by atoms with E-state index >= 15 is 0 Å². The van der Waals surface area contributed by atoms with Crippen LogP contribution in [0.15, 0.2) is 0 Å². The normalized spacial score (nSPS) is 32.2. The molecule has 0 radical (unpaired) electrons. The van der Waals surface area contributed by atoms with E-state index in [-0.39, 0.29) is 0 Å². The molecule has 2 nitrogen and oxygen atoms in total. The van der Waals surface area contributed by atoms with Gasteiger partial charge in [0, 0.05) is 19.2 Å². The van der Waals surface area contributed by atoms with Gasteiger partial charge in [-0.2, -0.15) is 0 Å². The van der Waals surface area contributed by atoms with Crippen molar-refractivity contribution >= 4 is 0 Å². The Morgan fingerprint density at radius 3 is 2.73 bits per heavy atom. The Morgan fingerprint density at radius 1 is 1.18 bits per heavy atom. The van der Waals surface area contributed by atoms with Gasteiger partial charge in [0.15, 0.2) is 0 Å². The van der Waals surface area contributed by atoms with E-state index in [2.05, 4.69) is 5.32 Å². The van der Waals surface area contributed by atoms with Crippen molar-refractivity contribution in [1.29, 1.82) is 0 Å². The van der Waals surface area contributed by atoms with Crippen LogP contribution in [0.4, 0.5) is 0 Å². The minimum atomic E-state index is 0.518. The maximum absolute atomic E-state index is 5.59. The molecule has 0 amide bonds. The summed E-state index contributed by atoms with van der Waals surface area (Å²) >= 11 is 0. The first-order chi connectivity index (χ1) is 5.45. The van der Waals surface area contributed by atoms with Crippen LogP contribution in [0.25, 0.3) is 0 Å². The lowest BCUT2D eigenvalue weighted by Gasteiger charge is -2.22. The summed E-state index contributed by atoms with van der Waals surface area (Å²) < 4.78 is 5.59. The van der Waals surface area contributed by atoms with Crippen molar-refractivity contribution in [3.05, 3.63) is 0 Å². The SMILES string of the molecule is C1CC[C@H](CNC2CC2)OC1. The first kappa shape index (κ1) is 7.56. The predicted octanol–water partition coefficient (Wildman–Crippen LogP) is 1.31. The van der Waals surface area contributed by atoms with Crippen molar-refractivity contribution < 1.29 is 4.74 Å². The van der Waals surface area contributed by atoms with Crippen LogP contribution < -0.4 is 5.32 Å². The van der Waals surface area contributed by atoms with Gasteiger partial charge in [0.25, 0.3) is 0 Å². The van der Waals surface area contributed by atoms with Gasteiger partial charge in [-0.15, -0.1) is 0 Å². The minimum Gasteiger partial charge on any atom is -0.377 e. The smallest absolute Gasteiger partial charge is 0.0699 e. The Labute approximate surface area is 68.3 Å². The first-order valence-corrected chi connectivity index (χ1v) is 4.80. The summed E-state index contributed by atoms with van der Waals surface area (Å²) in [6.07, 6.45) is 7.17. The molecule has 2 heteroatoms. The molecule has 64 valence electrons. The molecule has 0 aromatic rings. The van der Waals surface area contributed by atoms with E-state index < -0.39 is 0 Å². The molecule has 2 aliphatic rings. The molecule has 1 saturated carbocycles. The van der Waals surface area contributed by atoms with Gasteiger partial charge in [-0.1, -0.05) is 0 Å². The summed E-state index contributed by atoms with van der Waals surface area (Å²) in [6, 6.07) is 0.834. The lowest BCUT2D eigenvalue weighted by molar-refractivity contribution is 0.0167. The summed E-state index contributed by atoms with van der Waals surface area (Å²) in [5.74, 6) is 0. The highest BCUT2D eigenvalue weighted by Gasteiger charge is 2.22. The van der Waals surface area contributed by atoms with Gasteiger partial charge in [0.05, 0.1) is 6.10 Å². The van der Waals surface area contributed by atoms with Gasteiger partial charge in [-0.05, 0) is 32.1 Å². The van der Waals surface area contributed by atoms with Crippen molar-refractivity contribution in [1.82, 2.24) is 5.32 Å². The molecule has 1 atom stereocenters. The Kier molecular flexibility index (Phi) is 2.44. The summed E-state index contributed by atoms with van der Waals surface area (Å²) in [4.78, 5) is 0. The molecule has 1 aliphatic carbocycles. The van der Waals surface area contributed by atoms with Crippen LogP contribution in [-0.4, -0.2) is 25.3 Å². The zero-order valence-electron chi connectivity index (χ0n) is 7.01. The lowest BCUT2D eigenvalue weighted by atomic mass is 10.1. The fraction of sp³-hybridized carbons (Fsp3) is 1.00. The standard InChI is InChI=1S/C9H17NO/c1-2-6-11-9(3-1)7-10-8-4-5-8/h8-10H,1-7H2/t9-/m1/s1. The second kappa shape index (κ2) is 3.55. The molecule has 1 aliphatic heterocycles. The molecule has 0 aromatic heterocycles. The maximum Gasteiger partial charge on any atom is 0.0699 e. The quantitative estimate of drug-likeness (QED) is 0.663. The molecule has 2 rings (SSSR count). The van der Waals surface area contributed by atoms with Crippen molar-refractivity contribution in [2.75, 3.05) is 13.2 Å². The van der Waals surface area contributed by atoms with Crippen molar-refractivity contribution in [2.24, 2.45) is 0 Å². The minimum absolute atomic E-state index is 0.518. The van der Waals surface area contributed by atoms with Crippen LogP contribution in [0.2, 0.25) is 0 Å². The molecule has 0 aromatic carbocycles. The second-order valence-corrected chi connectivity index (χ2v) is 3.67. The van der Waals surface area contributed by atoms with E-state index in [0.29, 0.717) is 6.10 Å². The van der Waals surface area contributed by atoms with Gasteiger partial charge in [0.2, 0.25) is 0 Å². The zero-order chi connectivity index (χ0) is 7.52. The number of hydrogen-bond acceptors (Lipinski definition) is 2. The Bertz CT molecular complexity index is 117. The molecule has 0 bridgehead atoms. The van der Waals surface area contributed by atoms with Crippen LogP contribution in [0.5, 0.6) is 0 Å². The van der Waals surface area contributed by atoms with Crippen LogP contribution in [0.1, 0.15) is 32.1 Å². The van der Waals surface area contributed by atoms with Gasteiger partial charge in [0.1, 0.15) is 0 Å². The van der Waals surface area contributed by atoms with Gasteiger partial charge in [-0.25, -0.2) is 0 Å². The molecule has 11 heavy (non-hydrogen) atoms. The average Bonchev–Trinajstić information content (AvgIpc) is 2.86. The average molecular weight is 155 g/mol. The zero-order valence-corrected chi connectivity index (χ0v) is 7.01. The fourth-order valence-electron chi connectivity index (χ4n) is 1.55. The largest absolute Gasteiger partial charge is 0.377 e. The van der Waals surface area contributed by atoms with Crippen molar-refractivity contribution in [2.45, 2.75) is 44.2 Å². The molecular weight excluding hydrogens is 138 g/mol. The molecular formula is C9H17NO. The van der Waals surface area contributed by atoms with E-state index in [0.717, 1.165) is 19.2 Å². The first-order valence-electron chi connectivity index (χ1n) is 4.80. The molecule has 0 unspecified atom stereocenters. The van der Waals surface area contributed by atoms with Crippen molar-refractivity contribution in [3.63, 3.8) is 0 Å². The molecule has 2 fully saturated rings. The third-order valence-corrected chi connectivity index (χ3v) is 2.49. The topological polar surface area (TPSA) is 21.3 Å². The molecule has 0 spiro atoms. The third-order valence-electron chi connectivity index (χ3n) is 2.49. The van der Waals surface area contributed by atoms with E-state index in [1.165, 1.54) is 32.1 Å². The second-order valence-electron chi connectivity index (χ2n) is 3.67. The van der Waals surface area contributed by atoms with Gasteiger partial charge < -0.3 is 10.1 Å². The van der Waals surface area contributed by atoms with Crippen LogP contribution >= 0.6 is 0 Å². The van der Waals surface area contributed by atoms with Crippen LogP contribution in [0, 0.1) is 0 Å². The number of hydrogen-bond donors (Lipinski definition) is 1. The molecule has 1 N–H and O–H groups in total. The predicted molar refractivity (Wildman–Crippen MR) is 44.6 cm³/mol. The Balaban J connectivity index is 1.59. The lowest BCUT2D eigenvalue weighted by Crippen LogP contribution is -2.32. The summed E-state index contributed by atoms with van der Waals surface area (Å²) in [5.41, 5.74) is 0. The number of rotatable bonds is 3. The molecule has 1 heterocycles. The van der Waals surface area contributed by atoms with Gasteiger partial charge >= 0.3 is 0 Å². The third kappa shape index (κ3) is 2.46. The highest BCUT2D eigenvalue weighted by atomic mass is 16.5. The Morgan fingerprint density at radius 2 is 2.09 bits per heavy atom. The van der Waals surface area contributed by atoms with E-state index in [4.69, 9.17) is 4.74 Å². The fourth-order valence-corrected chi connectivity index (χ4v) is 1.55. The number of nitrogens with one attached hydrogen (secondary N) is 1. The molecule has 1 saturated heterocycles.